The van der Waals surface area contributed by atoms with Gasteiger partial charge in [-0.05, 0) is 44.9 Å². The number of aromatic nitrogens is 2. The molecule has 1 N–H and O–H groups in total. The van der Waals surface area contributed by atoms with E-state index < -0.39 is 0 Å². The molecule has 0 spiro atoms. The number of nitrogens with zero attached hydrogens (tertiary/aromatic N) is 3. The molecule has 2 aromatic rings. The molecule has 0 bridgehead atoms. The summed E-state index contributed by atoms with van der Waals surface area (Å²) >= 11 is 0. The maximum atomic E-state index is 13.4. The largest absolute Gasteiger partial charge is 0.356 e. The van der Waals surface area contributed by atoms with Gasteiger partial charge in [-0.3, -0.25) is 4.79 Å². The second-order valence-electron chi connectivity index (χ2n) is 6.70. The van der Waals surface area contributed by atoms with E-state index in [9.17, 15) is 9.18 Å². The van der Waals surface area contributed by atoms with E-state index in [1.54, 1.807) is 18.3 Å². The lowest BCUT2D eigenvalue weighted by Gasteiger charge is -2.33. The molecule has 2 heterocycles. The van der Waals surface area contributed by atoms with Crippen molar-refractivity contribution in [2.45, 2.75) is 32.7 Å². The Labute approximate surface area is 147 Å². The van der Waals surface area contributed by atoms with Crippen LogP contribution in [0.2, 0.25) is 0 Å². The van der Waals surface area contributed by atoms with Gasteiger partial charge in [0.05, 0.1) is 5.92 Å². The summed E-state index contributed by atoms with van der Waals surface area (Å²) in [5.74, 6) is 1.01. The standard InChI is InChI=1S/C19H23FN4O/c1-13(2)22-19(25)15-6-4-10-24(12-15)17-8-9-21-18(23-17)14-5-3-7-16(20)11-14/h3,5,7-9,11,13,15H,4,6,10,12H2,1-2H3,(H,22,25)/t15-/m1/s1. The minimum absolute atomic E-state index is 0.0382. The van der Waals surface area contributed by atoms with Gasteiger partial charge >= 0.3 is 0 Å². The fourth-order valence-corrected chi connectivity index (χ4v) is 3.09. The minimum atomic E-state index is -0.310. The van der Waals surface area contributed by atoms with Crippen molar-refractivity contribution in [3.8, 4) is 11.4 Å². The molecular formula is C19H23FN4O. The Balaban J connectivity index is 1.77. The molecule has 1 aromatic carbocycles. The molecule has 1 aliphatic heterocycles. The van der Waals surface area contributed by atoms with Gasteiger partial charge in [0.25, 0.3) is 0 Å². The number of carbonyl (C=O) groups excluding carboxylic acids is 1. The van der Waals surface area contributed by atoms with E-state index >= 15 is 0 Å². The second kappa shape index (κ2) is 7.59. The third kappa shape index (κ3) is 4.32. The molecule has 0 unspecified atom stereocenters. The first-order valence-electron chi connectivity index (χ1n) is 8.67. The van der Waals surface area contributed by atoms with Crippen LogP contribution in [-0.2, 0) is 4.79 Å². The lowest BCUT2D eigenvalue weighted by atomic mass is 9.97. The number of amides is 1. The normalized spacial score (nSPS) is 17.6. The monoisotopic (exact) mass is 342 g/mol. The Hall–Kier alpha value is -2.50. The minimum Gasteiger partial charge on any atom is -0.356 e. The van der Waals surface area contributed by atoms with Gasteiger partial charge < -0.3 is 10.2 Å². The number of halogens is 1. The molecule has 132 valence electrons. The Morgan fingerprint density at radius 1 is 1.36 bits per heavy atom. The van der Waals surface area contributed by atoms with Gasteiger partial charge in [-0.1, -0.05) is 12.1 Å². The van der Waals surface area contributed by atoms with E-state index in [0.29, 0.717) is 17.9 Å². The Morgan fingerprint density at radius 3 is 2.96 bits per heavy atom. The molecule has 0 radical (unpaired) electrons. The van der Waals surface area contributed by atoms with Gasteiger partial charge in [0.15, 0.2) is 5.82 Å². The van der Waals surface area contributed by atoms with Crippen LogP contribution in [0.3, 0.4) is 0 Å². The van der Waals surface area contributed by atoms with Crippen LogP contribution in [0.5, 0.6) is 0 Å². The lowest BCUT2D eigenvalue weighted by molar-refractivity contribution is -0.125. The number of piperidine rings is 1. The van der Waals surface area contributed by atoms with Crippen molar-refractivity contribution >= 4 is 11.7 Å². The smallest absolute Gasteiger partial charge is 0.225 e. The first kappa shape index (κ1) is 17.3. The van der Waals surface area contributed by atoms with Gasteiger partial charge in [0.2, 0.25) is 5.91 Å². The predicted octanol–water partition coefficient (Wildman–Crippen LogP) is 3.02. The molecule has 1 atom stereocenters. The van der Waals surface area contributed by atoms with Gasteiger partial charge in [-0.15, -0.1) is 0 Å². The topological polar surface area (TPSA) is 58.1 Å². The quantitative estimate of drug-likeness (QED) is 0.928. The van der Waals surface area contributed by atoms with Crippen molar-refractivity contribution in [2.24, 2.45) is 5.92 Å². The molecule has 0 aliphatic carbocycles. The zero-order valence-corrected chi connectivity index (χ0v) is 14.6. The molecule has 6 heteroatoms. The number of nitrogens with one attached hydrogen (secondary N) is 1. The summed E-state index contributed by atoms with van der Waals surface area (Å²) < 4.78 is 13.4. The van der Waals surface area contributed by atoms with Crippen LogP contribution in [0.25, 0.3) is 11.4 Å². The number of hydrogen-bond acceptors (Lipinski definition) is 4. The molecular weight excluding hydrogens is 319 g/mol. The average Bonchev–Trinajstić information content (AvgIpc) is 2.61. The Bertz CT molecular complexity index is 750. The lowest BCUT2D eigenvalue weighted by Crippen LogP contribution is -2.45. The summed E-state index contributed by atoms with van der Waals surface area (Å²) in [5.41, 5.74) is 0.646. The fraction of sp³-hybridized carbons (Fsp3) is 0.421. The third-order valence-electron chi connectivity index (χ3n) is 4.27. The van der Waals surface area contributed by atoms with Crippen LogP contribution in [0.1, 0.15) is 26.7 Å². The highest BCUT2D eigenvalue weighted by molar-refractivity contribution is 5.79. The van der Waals surface area contributed by atoms with Crippen LogP contribution in [-0.4, -0.2) is 35.0 Å². The zero-order chi connectivity index (χ0) is 17.8. The number of hydrogen-bond donors (Lipinski definition) is 1. The van der Waals surface area contributed by atoms with Crippen molar-refractivity contribution in [3.63, 3.8) is 0 Å². The SMILES string of the molecule is CC(C)NC(=O)[C@@H]1CCCN(c2ccnc(-c3cccc(F)c3)n2)C1. The number of rotatable bonds is 4. The summed E-state index contributed by atoms with van der Waals surface area (Å²) in [7, 11) is 0. The van der Waals surface area contributed by atoms with Crippen molar-refractivity contribution < 1.29 is 9.18 Å². The van der Waals surface area contributed by atoms with E-state index in [4.69, 9.17) is 0 Å². The van der Waals surface area contributed by atoms with Crippen LogP contribution in [0, 0.1) is 11.7 Å². The second-order valence-corrected chi connectivity index (χ2v) is 6.70. The predicted molar refractivity (Wildman–Crippen MR) is 95.6 cm³/mol. The Kier molecular flexibility index (Phi) is 5.26. The molecule has 0 saturated carbocycles. The summed E-state index contributed by atoms with van der Waals surface area (Å²) in [6.45, 7) is 5.42. The molecule has 5 nitrogen and oxygen atoms in total. The number of benzene rings is 1. The molecule has 1 saturated heterocycles. The molecule has 1 aliphatic rings. The zero-order valence-electron chi connectivity index (χ0n) is 14.6. The molecule has 25 heavy (non-hydrogen) atoms. The number of anilines is 1. The summed E-state index contributed by atoms with van der Waals surface area (Å²) in [5, 5.41) is 2.99. The third-order valence-corrected chi connectivity index (χ3v) is 4.27. The van der Waals surface area contributed by atoms with Crippen LogP contribution in [0.15, 0.2) is 36.5 Å². The van der Waals surface area contributed by atoms with E-state index in [1.165, 1.54) is 12.1 Å². The van der Waals surface area contributed by atoms with E-state index in [2.05, 4.69) is 20.2 Å². The van der Waals surface area contributed by atoms with Crippen LogP contribution in [0.4, 0.5) is 10.2 Å². The molecule has 1 amide bonds. The van der Waals surface area contributed by atoms with E-state index in [-0.39, 0.29) is 23.7 Å². The van der Waals surface area contributed by atoms with Crippen LogP contribution < -0.4 is 10.2 Å². The number of carbonyl (C=O) groups is 1. The van der Waals surface area contributed by atoms with Crippen molar-refractivity contribution in [1.82, 2.24) is 15.3 Å². The fourth-order valence-electron chi connectivity index (χ4n) is 3.09. The van der Waals surface area contributed by atoms with E-state index in [1.807, 2.05) is 19.9 Å². The van der Waals surface area contributed by atoms with E-state index in [0.717, 1.165) is 25.2 Å². The highest BCUT2D eigenvalue weighted by atomic mass is 19.1. The summed E-state index contributed by atoms with van der Waals surface area (Å²) in [6, 6.07) is 8.24. The van der Waals surface area contributed by atoms with Gasteiger partial charge in [-0.2, -0.15) is 0 Å². The Morgan fingerprint density at radius 2 is 2.20 bits per heavy atom. The maximum Gasteiger partial charge on any atom is 0.225 e. The first-order valence-corrected chi connectivity index (χ1v) is 8.67. The highest BCUT2D eigenvalue weighted by Gasteiger charge is 2.27. The molecule has 3 rings (SSSR count). The maximum absolute atomic E-state index is 13.4. The first-order chi connectivity index (χ1) is 12.0. The summed E-state index contributed by atoms with van der Waals surface area (Å²) in [4.78, 5) is 23.2. The van der Waals surface area contributed by atoms with Crippen LogP contribution >= 0.6 is 0 Å². The van der Waals surface area contributed by atoms with Crippen molar-refractivity contribution in [2.75, 3.05) is 18.0 Å². The highest BCUT2D eigenvalue weighted by Crippen LogP contribution is 2.24. The molecule has 1 aromatic heterocycles. The van der Waals surface area contributed by atoms with Crippen molar-refractivity contribution in [1.29, 1.82) is 0 Å². The van der Waals surface area contributed by atoms with Gasteiger partial charge in [0, 0.05) is 30.9 Å². The average molecular weight is 342 g/mol. The molecule has 1 fully saturated rings. The summed E-state index contributed by atoms with van der Waals surface area (Å²) in [6.07, 6.45) is 3.51. The van der Waals surface area contributed by atoms with Crippen molar-refractivity contribution in [3.05, 3.63) is 42.3 Å². The van der Waals surface area contributed by atoms with Gasteiger partial charge in [-0.25, -0.2) is 14.4 Å². The van der Waals surface area contributed by atoms with Gasteiger partial charge in [0.1, 0.15) is 11.6 Å².